The fraction of sp³-hybridized carbons (Fsp3) is 0.417. The van der Waals surface area contributed by atoms with Crippen molar-refractivity contribution >= 4 is 5.97 Å². The van der Waals surface area contributed by atoms with Gasteiger partial charge in [0.2, 0.25) is 0 Å². The number of hydrogen-bond acceptors (Lipinski definition) is 1. The van der Waals surface area contributed by atoms with E-state index in [9.17, 15) is 9.18 Å². The quantitative estimate of drug-likeness (QED) is 0.832. The Hall–Kier alpha value is -1.38. The van der Waals surface area contributed by atoms with Crippen molar-refractivity contribution in [1.29, 1.82) is 0 Å². The van der Waals surface area contributed by atoms with Gasteiger partial charge in [-0.25, -0.2) is 4.39 Å². The van der Waals surface area contributed by atoms with Crippen LogP contribution in [0.15, 0.2) is 18.2 Å². The predicted molar refractivity (Wildman–Crippen MR) is 56.4 cm³/mol. The molecule has 0 spiro atoms. The number of carboxylic acid groups (broad SMARTS) is 1. The first-order valence-electron chi connectivity index (χ1n) is 4.82. The number of hydrogen-bond donors (Lipinski definition) is 1. The van der Waals surface area contributed by atoms with Gasteiger partial charge in [0.15, 0.2) is 0 Å². The van der Waals surface area contributed by atoms with Gasteiger partial charge in [0.25, 0.3) is 0 Å². The molecular formula is C12H15FO2. The molecule has 1 N–H and O–H groups in total. The third-order valence-corrected chi connectivity index (χ3v) is 2.59. The largest absolute Gasteiger partial charge is 0.481 e. The molecule has 2 nitrogen and oxygen atoms in total. The Balaban J connectivity index is 3.14. The van der Waals surface area contributed by atoms with Crippen molar-refractivity contribution in [2.24, 2.45) is 0 Å². The fourth-order valence-corrected chi connectivity index (χ4v) is 1.81. The summed E-state index contributed by atoms with van der Waals surface area (Å²) >= 11 is 0. The van der Waals surface area contributed by atoms with E-state index in [-0.39, 0.29) is 12.2 Å². The molecule has 0 atom stereocenters. The van der Waals surface area contributed by atoms with Crippen molar-refractivity contribution in [3.05, 3.63) is 35.1 Å². The highest BCUT2D eigenvalue weighted by molar-refractivity contribution is 5.69. The van der Waals surface area contributed by atoms with E-state index >= 15 is 0 Å². The lowest BCUT2D eigenvalue weighted by molar-refractivity contribution is -0.138. The van der Waals surface area contributed by atoms with Gasteiger partial charge in [-0.15, -0.1) is 0 Å². The molecule has 0 unspecified atom stereocenters. The van der Waals surface area contributed by atoms with Crippen LogP contribution in [0.2, 0.25) is 0 Å². The summed E-state index contributed by atoms with van der Waals surface area (Å²) in [4.78, 5) is 10.7. The molecule has 1 aromatic carbocycles. The molecule has 0 saturated heterocycles. The standard InChI is InChI=1S/C12H15FO2/c1-8-9(5-4-6-10(8)13)12(2,3)7-11(14)15/h4-6H,7H2,1-3H3,(H,14,15). The van der Waals surface area contributed by atoms with Crippen LogP contribution in [0.3, 0.4) is 0 Å². The summed E-state index contributed by atoms with van der Waals surface area (Å²) in [6.07, 6.45) is -0.00269. The fourth-order valence-electron chi connectivity index (χ4n) is 1.81. The first-order valence-corrected chi connectivity index (χ1v) is 4.82. The van der Waals surface area contributed by atoms with Gasteiger partial charge in [-0.2, -0.15) is 0 Å². The number of carboxylic acids is 1. The molecule has 0 bridgehead atoms. The zero-order chi connectivity index (χ0) is 11.6. The Bertz CT molecular complexity index is 383. The zero-order valence-corrected chi connectivity index (χ0v) is 9.17. The first-order chi connectivity index (χ1) is 6.84. The third kappa shape index (κ3) is 2.55. The zero-order valence-electron chi connectivity index (χ0n) is 9.17. The van der Waals surface area contributed by atoms with Crippen molar-refractivity contribution in [3.8, 4) is 0 Å². The number of benzene rings is 1. The first kappa shape index (κ1) is 11.7. The van der Waals surface area contributed by atoms with Crippen molar-refractivity contribution in [2.75, 3.05) is 0 Å². The van der Waals surface area contributed by atoms with Gasteiger partial charge in [0.05, 0.1) is 6.42 Å². The number of halogens is 1. The van der Waals surface area contributed by atoms with E-state index in [1.165, 1.54) is 6.07 Å². The van der Waals surface area contributed by atoms with Crippen molar-refractivity contribution in [2.45, 2.75) is 32.6 Å². The van der Waals surface area contributed by atoms with Crippen LogP contribution in [-0.2, 0) is 10.2 Å². The summed E-state index contributed by atoms with van der Waals surface area (Å²) in [7, 11) is 0. The van der Waals surface area contributed by atoms with Crippen LogP contribution in [-0.4, -0.2) is 11.1 Å². The van der Waals surface area contributed by atoms with E-state index in [2.05, 4.69) is 0 Å². The van der Waals surface area contributed by atoms with Gasteiger partial charge in [-0.1, -0.05) is 26.0 Å². The summed E-state index contributed by atoms with van der Waals surface area (Å²) in [5, 5.41) is 8.78. The van der Waals surface area contributed by atoms with Crippen LogP contribution in [0, 0.1) is 12.7 Å². The molecule has 0 saturated carbocycles. The summed E-state index contributed by atoms with van der Waals surface area (Å²) < 4.78 is 13.3. The lowest BCUT2D eigenvalue weighted by Gasteiger charge is -2.25. The molecule has 15 heavy (non-hydrogen) atoms. The van der Waals surface area contributed by atoms with Gasteiger partial charge in [-0.05, 0) is 24.1 Å². The van der Waals surface area contributed by atoms with Gasteiger partial charge in [0.1, 0.15) is 5.82 Å². The Labute approximate surface area is 88.7 Å². The molecule has 0 aliphatic carbocycles. The summed E-state index contributed by atoms with van der Waals surface area (Å²) in [5.74, 6) is -1.16. The van der Waals surface area contributed by atoms with Crippen LogP contribution in [0.5, 0.6) is 0 Å². The highest BCUT2D eigenvalue weighted by atomic mass is 19.1. The highest BCUT2D eigenvalue weighted by Crippen LogP contribution is 2.30. The molecule has 1 rings (SSSR count). The van der Waals surface area contributed by atoms with Gasteiger partial charge >= 0.3 is 5.97 Å². The van der Waals surface area contributed by atoms with Gasteiger partial charge in [0, 0.05) is 5.41 Å². The predicted octanol–water partition coefficient (Wildman–Crippen LogP) is 2.89. The van der Waals surface area contributed by atoms with E-state index in [4.69, 9.17) is 5.11 Å². The van der Waals surface area contributed by atoms with E-state index in [1.54, 1.807) is 19.1 Å². The lowest BCUT2D eigenvalue weighted by atomic mass is 9.79. The molecule has 0 aliphatic heterocycles. The molecule has 0 radical (unpaired) electrons. The molecular weight excluding hydrogens is 195 g/mol. The highest BCUT2D eigenvalue weighted by Gasteiger charge is 2.26. The minimum absolute atomic E-state index is 0.00269. The molecule has 0 aliphatic rings. The van der Waals surface area contributed by atoms with E-state index in [1.807, 2.05) is 13.8 Å². The minimum atomic E-state index is -0.872. The molecule has 1 aromatic rings. The summed E-state index contributed by atoms with van der Waals surface area (Å²) in [5.41, 5.74) is 0.742. The minimum Gasteiger partial charge on any atom is -0.481 e. The molecule has 0 heterocycles. The second-order valence-corrected chi connectivity index (χ2v) is 4.37. The number of aliphatic carboxylic acids is 1. The number of carbonyl (C=O) groups is 1. The topological polar surface area (TPSA) is 37.3 Å². The SMILES string of the molecule is Cc1c(F)cccc1C(C)(C)CC(=O)O. The van der Waals surface area contributed by atoms with E-state index in [0.717, 1.165) is 5.56 Å². The van der Waals surface area contributed by atoms with E-state index in [0.29, 0.717) is 5.56 Å². The molecule has 3 heteroatoms. The Morgan fingerprint density at radius 2 is 2.07 bits per heavy atom. The average molecular weight is 210 g/mol. The smallest absolute Gasteiger partial charge is 0.304 e. The summed E-state index contributed by atoms with van der Waals surface area (Å²) in [6, 6.07) is 4.78. The van der Waals surface area contributed by atoms with E-state index < -0.39 is 11.4 Å². The van der Waals surface area contributed by atoms with Crippen molar-refractivity contribution in [3.63, 3.8) is 0 Å². The van der Waals surface area contributed by atoms with Crippen molar-refractivity contribution in [1.82, 2.24) is 0 Å². The maximum absolute atomic E-state index is 13.3. The van der Waals surface area contributed by atoms with Gasteiger partial charge < -0.3 is 5.11 Å². The number of rotatable bonds is 3. The van der Waals surface area contributed by atoms with Crippen LogP contribution in [0.4, 0.5) is 4.39 Å². The second-order valence-electron chi connectivity index (χ2n) is 4.37. The average Bonchev–Trinajstić information content (AvgIpc) is 2.07. The van der Waals surface area contributed by atoms with Crippen molar-refractivity contribution < 1.29 is 14.3 Å². The van der Waals surface area contributed by atoms with Crippen LogP contribution < -0.4 is 0 Å². The second kappa shape index (κ2) is 4.01. The van der Waals surface area contributed by atoms with Crippen LogP contribution in [0.1, 0.15) is 31.4 Å². The summed E-state index contributed by atoms with van der Waals surface area (Å²) in [6.45, 7) is 5.29. The maximum atomic E-state index is 13.3. The Kier molecular flexibility index (Phi) is 3.12. The Morgan fingerprint density at radius 1 is 1.47 bits per heavy atom. The van der Waals surface area contributed by atoms with Crippen LogP contribution in [0.25, 0.3) is 0 Å². The third-order valence-electron chi connectivity index (χ3n) is 2.59. The molecule has 0 aromatic heterocycles. The molecule has 82 valence electrons. The molecule has 0 fully saturated rings. The van der Waals surface area contributed by atoms with Gasteiger partial charge in [-0.3, -0.25) is 4.79 Å². The Morgan fingerprint density at radius 3 is 2.60 bits per heavy atom. The molecule has 0 amide bonds. The lowest BCUT2D eigenvalue weighted by Crippen LogP contribution is -2.23. The normalized spacial score (nSPS) is 11.5. The monoisotopic (exact) mass is 210 g/mol. The maximum Gasteiger partial charge on any atom is 0.304 e. The van der Waals surface area contributed by atoms with Crippen LogP contribution >= 0.6 is 0 Å².